The van der Waals surface area contributed by atoms with Crippen LogP contribution in [0, 0.1) is 5.82 Å². The van der Waals surface area contributed by atoms with Crippen molar-refractivity contribution in [3.05, 3.63) is 23.5 Å². The molecule has 0 aliphatic carbocycles. The molecule has 0 aromatic heterocycles. The molecule has 0 saturated heterocycles. The molecule has 0 spiro atoms. The van der Waals surface area contributed by atoms with E-state index in [9.17, 15) is 18.0 Å². The highest BCUT2D eigenvalue weighted by Crippen LogP contribution is 2.40. The summed E-state index contributed by atoms with van der Waals surface area (Å²) in [6.07, 6.45) is 0.915. The fraction of sp³-hybridized carbons (Fsp3) is 0.300. The van der Waals surface area contributed by atoms with E-state index in [2.05, 4.69) is 0 Å². The van der Waals surface area contributed by atoms with Gasteiger partial charge < -0.3 is 4.90 Å². The largest absolute Gasteiger partial charge is 0.313 e. The number of hydrogen-bond donors (Lipinski definition) is 0. The quantitative estimate of drug-likeness (QED) is 0.604. The van der Waals surface area contributed by atoms with Crippen molar-refractivity contribution in [2.24, 2.45) is 0 Å². The van der Waals surface area contributed by atoms with Gasteiger partial charge in [-0.25, -0.2) is 4.39 Å². The molecule has 1 aliphatic rings. The molecule has 1 amide bonds. The van der Waals surface area contributed by atoms with E-state index in [0.717, 1.165) is 6.07 Å². The van der Waals surface area contributed by atoms with Gasteiger partial charge in [0.15, 0.2) is 0 Å². The number of thioether (sulfide) groups is 1. The van der Waals surface area contributed by atoms with Crippen LogP contribution in [-0.2, 0) is 11.2 Å². The van der Waals surface area contributed by atoms with Crippen LogP contribution in [0.1, 0.15) is 5.56 Å². The lowest BCUT2D eigenvalue weighted by molar-refractivity contribution is -0.107. The second-order valence-electron chi connectivity index (χ2n) is 3.30. The van der Waals surface area contributed by atoms with E-state index >= 15 is 0 Å². The Balaban J connectivity index is 2.47. The van der Waals surface area contributed by atoms with E-state index in [4.69, 9.17) is 0 Å². The summed E-state index contributed by atoms with van der Waals surface area (Å²) in [6.45, 7) is 0.344. The molecule has 2 nitrogen and oxygen atoms in total. The van der Waals surface area contributed by atoms with Crippen molar-refractivity contribution in [3.8, 4) is 0 Å². The number of alkyl halides is 2. The van der Waals surface area contributed by atoms with Crippen molar-refractivity contribution in [3.63, 3.8) is 0 Å². The molecule has 0 atom stereocenters. The molecular weight excluding hydrogens is 239 g/mol. The Kier molecular flexibility index (Phi) is 3.09. The highest BCUT2D eigenvalue weighted by molar-refractivity contribution is 7.99. The van der Waals surface area contributed by atoms with Gasteiger partial charge in [-0.2, -0.15) is 8.78 Å². The second-order valence-corrected chi connectivity index (χ2v) is 4.33. The summed E-state index contributed by atoms with van der Waals surface area (Å²) in [7, 11) is 0. The van der Waals surface area contributed by atoms with Gasteiger partial charge in [-0.05, 0) is 18.6 Å². The molecular formula is C10H8F3NOS. The zero-order chi connectivity index (χ0) is 11.7. The first-order valence-electron chi connectivity index (χ1n) is 4.61. The van der Waals surface area contributed by atoms with E-state index in [-0.39, 0.29) is 4.90 Å². The van der Waals surface area contributed by atoms with Gasteiger partial charge in [-0.1, -0.05) is 11.8 Å². The van der Waals surface area contributed by atoms with E-state index in [1.54, 1.807) is 0 Å². The molecule has 16 heavy (non-hydrogen) atoms. The molecule has 86 valence electrons. The minimum atomic E-state index is -2.58. The Hall–Kier alpha value is -1.17. The lowest BCUT2D eigenvalue weighted by Gasteiger charge is -2.14. The van der Waals surface area contributed by atoms with Crippen LogP contribution in [0.15, 0.2) is 17.0 Å². The molecule has 0 N–H and O–H groups in total. The van der Waals surface area contributed by atoms with Crippen LogP contribution in [0.4, 0.5) is 18.9 Å². The van der Waals surface area contributed by atoms with Crippen molar-refractivity contribution >= 4 is 23.9 Å². The van der Waals surface area contributed by atoms with Crippen LogP contribution in [-0.4, -0.2) is 18.7 Å². The molecule has 0 bridgehead atoms. The fourth-order valence-electron chi connectivity index (χ4n) is 1.78. The van der Waals surface area contributed by atoms with Crippen molar-refractivity contribution in [1.82, 2.24) is 0 Å². The monoisotopic (exact) mass is 247 g/mol. The zero-order valence-electron chi connectivity index (χ0n) is 8.12. The molecule has 0 fully saturated rings. The van der Waals surface area contributed by atoms with E-state index in [1.165, 1.54) is 11.0 Å². The van der Waals surface area contributed by atoms with Crippen LogP contribution in [0.2, 0.25) is 0 Å². The first-order chi connectivity index (χ1) is 7.63. The summed E-state index contributed by atoms with van der Waals surface area (Å²) in [5.41, 5.74) is 0.637. The maximum atomic E-state index is 13.4. The smallest absolute Gasteiger partial charge is 0.288 e. The first kappa shape index (κ1) is 11.3. The third kappa shape index (κ3) is 1.89. The van der Waals surface area contributed by atoms with Gasteiger partial charge in [0.1, 0.15) is 5.82 Å². The number of rotatable bonds is 3. The number of hydrogen-bond acceptors (Lipinski definition) is 2. The Morgan fingerprint density at radius 1 is 1.44 bits per heavy atom. The van der Waals surface area contributed by atoms with E-state index < -0.39 is 11.6 Å². The van der Waals surface area contributed by atoms with Crippen molar-refractivity contribution in [2.75, 3.05) is 11.4 Å². The Morgan fingerprint density at radius 3 is 2.81 bits per heavy atom. The van der Waals surface area contributed by atoms with Crippen LogP contribution in [0.3, 0.4) is 0 Å². The highest BCUT2D eigenvalue weighted by atomic mass is 32.2. The SMILES string of the molecule is O=CN1CCc2c(F)ccc(SC(F)F)c21. The number of carbonyl (C=O) groups is 1. The first-order valence-corrected chi connectivity index (χ1v) is 5.49. The van der Waals surface area contributed by atoms with Crippen LogP contribution < -0.4 is 4.90 Å². The normalized spacial score (nSPS) is 14.4. The summed E-state index contributed by atoms with van der Waals surface area (Å²) in [5.74, 6) is -3.03. The molecule has 0 unspecified atom stereocenters. The zero-order valence-corrected chi connectivity index (χ0v) is 8.94. The minimum absolute atomic E-state index is 0.246. The molecule has 0 saturated carbocycles. The van der Waals surface area contributed by atoms with Crippen molar-refractivity contribution in [1.29, 1.82) is 0 Å². The van der Waals surface area contributed by atoms with E-state index in [0.29, 0.717) is 42.4 Å². The number of fused-ring (bicyclic) bond motifs is 1. The summed E-state index contributed by atoms with van der Waals surface area (Å²) in [5, 5.41) is 0. The third-order valence-corrected chi connectivity index (χ3v) is 3.18. The minimum Gasteiger partial charge on any atom is -0.313 e. The topological polar surface area (TPSA) is 20.3 Å². The molecule has 2 rings (SSSR count). The maximum absolute atomic E-state index is 13.4. The molecule has 1 aromatic carbocycles. The molecule has 1 aromatic rings. The number of benzene rings is 1. The number of carbonyl (C=O) groups excluding carboxylic acids is 1. The fourth-order valence-corrected chi connectivity index (χ4v) is 2.47. The number of anilines is 1. The lowest BCUT2D eigenvalue weighted by atomic mass is 10.1. The van der Waals surface area contributed by atoms with Crippen molar-refractivity contribution in [2.45, 2.75) is 17.1 Å². The van der Waals surface area contributed by atoms with Gasteiger partial charge in [-0.15, -0.1) is 0 Å². The maximum Gasteiger partial charge on any atom is 0.288 e. The molecule has 6 heteroatoms. The third-order valence-electron chi connectivity index (χ3n) is 2.42. The van der Waals surface area contributed by atoms with Gasteiger partial charge in [0.05, 0.1) is 5.69 Å². The van der Waals surface area contributed by atoms with Gasteiger partial charge >= 0.3 is 0 Å². The number of nitrogens with zero attached hydrogens (tertiary/aromatic N) is 1. The summed E-state index contributed by atoms with van der Waals surface area (Å²) < 4.78 is 37.9. The lowest BCUT2D eigenvalue weighted by Crippen LogP contribution is -2.18. The predicted octanol–water partition coefficient (Wildman–Crippen LogP) is 2.66. The van der Waals surface area contributed by atoms with Crippen LogP contribution in [0.25, 0.3) is 0 Å². The Morgan fingerprint density at radius 2 is 2.19 bits per heavy atom. The summed E-state index contributed by atoms with van der Waals surface area (Å²) >= 11 is 0.331. The Labute approximate surface area is 94.4 Å². The van der Waals surface area contributed by atoms with Gasteiger partial charge in [0.2, 0.25) is 6.41 Å². The standard InChI is InChI=1S/C10H8F3NOS/c11-7-1-2-8(16-10(12)13)9-6(7)3-4-14(9)5-15/h1-2,5,10H,3-4H2. The van der Waals surface area contributed by atoms with Crippen LogP contribution >= 0.6 is 11.8 Å². The van der Waals surface area contributed by atoms with Gasteiger partial charge in [0, 0.05) is 17.0 Å². The average Bonchev–Trinajstić information content (AvgIpc) is 2.66. The highest BCUT2D eigenvalue weighted by Gasteiger charge is 2.26. The number of amides is 1. The molecule has 0 radical (unpaired) electrons. The predicted molar refractivity (Wildman–Crippen MR) is 55.4 cm³/mol. The summed E-state index contributed by atoms with van der Waals surface area (Å²) in [6, 6.07) is 2.45. The van der Waals surface area contributed by atoms with Crippen molar-refractivity contribution < 1.29 is 18.0 Å². The van der Waals surface area contributed by atoms with Gasteiger partial charge in [0.25, 0.3) is 5.76 Å². The molecule has 1 aliphatic heterocycles. The summed E-state index contributed by atoms with van der Waals surface area (Å²) in [4.78, 5) is 12.2. The van der Waals surface area contributed by atoms with Gasteiger partial charge in [-0.3, -0.25) is 4.79 Å². The Bertz CT molecular complexity index is 425. The van der Waals surface area contributed by atoms with Crippen LogP contribution in [0.5, 0.6) is 0 Å². The average molecular weight is 247 g/mol. The van der Waals surface area contributed by atoms with E-state index in [1.807, 2.05) is 0 Å². The molecule has 1 heterocycles. The second kappa shape index (κ2) is 4.37. The number of halogens is 3.